The van der Waals surface area contributed by atoms with Crippen LogP contribution in [0.4, 0.5) is 0 Å². The highest BCUT2D eigenvalue weighted by atomic mass is 16.5. The molecular weight excluding hydrogens is 288 g/mol. The second-order valence-electron chi connectivity index (χ2n) is 6.87. The van der Waals surface area contributed by atoms with Gasteiger partial charge in [0, 0.05) is 18.6 Å². The molecule has 0 aromatic heterocycles. The molecule has 0 radical (unpaired) electrons. The van der Waals surface area contributed by atoms with Gasteiger partial charge in [-0.05, 0) is 59.5 Å². The molecule has 1 aromatic rings. The number of hydrogen-bond donors (Lipinski definition) is 2. The second kappa shape index (κ2) is 9.40. The molecule has 1 aromatic carbocycles. The summed E-state index contributed by atoms with van der Waals surface area (Å²) < 4.78 is 5.77. The van der Waals surface area contributed by atoms with Crippen molar-refractivity contribution in [3.8, 4) is 5.75 Å². The van der Waals surface area contributed by atoms with E-state index >= 15 is 0 Å². The van der Waals surface area contributed by atoms with Crippen LogP contribution in [0.3, 0.4) is 0 Å². The van der Waals surface area contributed by atoms with Gasteiger partial charge in [-0.1, -0.05) is 12.1 Å². The topological polar surface area (TPSA) is 48.9 Å². The lowest BCUT2D eigenvalue weighted by atomic mass is 10.1. The first-order valence-electron chi connectivity index (χ1n) is 8.23. The molecular formula is C18H32N4O. The summed E-state index contributed by atoms with van der Waals surface area (Å²) in [6.07, 6.45) is 0. The number of nitrogens with one attached hydrogen (secondary N) is 2. The summed E-state index contributed by atoms with van der Waals surface area (Å²) in [5, 5.41) is 6.66. The van der Waals surface area contributed by atoms with E-state index in [-0.39, 0.29) is 5.54 Å². The Labute approximate surface area is 141 Å². The molecule has 5 heteroatoms. The number of likely N-dealkylation sites (N-methyl/N-ethyl adjacent to an activating group) is 1. The Hall–Kier alpha value is -1.75. The predicted molar refractivity (Wildman–Crippen MR) is 98.2 cm³/mol. The summed E-state index contributed by atoms with van der Waals surface area (Å²) in [7, 11) is 4.08. The number of benzene rings is 1. The second-order valence-corrected chi connectivity index (χ2v) is 6.87. The zero-order valence-corrected chi connectivity index (χ0v) is 15.4. The fraction of sp³-hybridized carbons (Fsp3) is 0.611. The van der Waals surface area contributed by atoms with Crippen LogP contribution in [0.1, 0.15) is 33.3 Å². The average Bonchev–Trinajstić information content (AvgIpc) is 2.43. The third-order valence-corrected chi connectivity index (χ3v) is 2.96. The van der Waals surface area contributed by atoms with Gasteiger partial charge in [-0.15, -0.1) is 0 Å². The summed E-state index contributed by atoms with van der Waals surface area (Å²) >= 11 is 0. The molecule has 23 heavy (non-hydrogen) atoms. The SMILES string of the molecule is CCNC(=NCc1cccc(OCCN(C)C)c1)NC(C)(C)C. The van der Waals surface area contributed by atoms with Gasteiger partial charge in [0.05, 0.1) is 6.54 Å². The van der Waals surface area contributed by atoms with Gasteiger partial charge in [0.2, 0.25) is 0 Å². The van der Waals surface area contributed by atoms with E-state index in [2.05, 4.69) is 60.4 Å². The highest BCUT2D eigenvalue weighted by Gasteiger charge is 2.11. The van der Waals surface area contributed by atoms with Gasteiger partial charge in [0.15, 0.2) is 5.96 Å². The largest absolute Gasteiger partial charge is 0.492 e. The van der Waals surface area contributed by atoms with E-state index in [9.17, 15) is 0 Å². The number of ether oxygens (including phenoxy) is 1. The van der Waals surface area contributed by atoms with Crippen molar-refractivity contribution in [2.75, 3.05) is 33.8 Å². The number of nitrogens with zero attached hydrogens (tertiary/aromatic N) is 2. The smallest absolute Gasteiger partial charge is 0.191 e. The van der Waals surface area contributed by atoms with Crippen LogP contribution in [-0.2, 0) is 6.54 Å². The Bertz CT molecular complexity index is 492. The van der Waals surface area contributed by atoms with Crippen molar-refractivity contribution in [2.24, 2.45) is 4.99 Å². The average molecular weight is 320 g/mol. The quantitative estimate of drug-likeness (QED) is 0.598. The van der Waals surface area contributed by atoms with Crippen molar-refractivity contribution in [3.05, 3.63) is 29.8 Å². The van der Waals surface area contributed by atoms with Crippen molar-refractivity contribution >= 4 is 5.96 Å². The van der Waals surface area contributed by atoms with Gasteiger partial charge in [0.25, 0.3) is 0 Å². The zero-order chi connectivity index (χ0) is 17.3. The van der Waals surface area contributed by atoms with Crippen LogP contribution in [0.15, 0.2) is 29.3 Å². The van der Waals surface area contributed by atoms with Gasteiger partial charge < -0.3 is 20.3 Å². The predicted octanol–water partition coefficient (Wildman–Crippen LogP) is 2.48. The van der Waals surface area contributed by atoms with Gasteiger partial charge in [0.1, 0.15) is 12.4 Å². The summed E-state index contributed by atoms with van der Waals surface area (Å²) in [4.78, 5) is 6.76. The van der Waals surface area contributed by atoms with Crippen LogP contribution in [0.2, 0.25) is 0 Å². The monoisotopic (exact) mass is 320 g/mol. The summed E-state index contributed by atoms with van der Waals surface area (Å²) in [5.74, 6) is 1.73. The van der Waals surface area contributed by atoms with E-state index in [0.29, 0.717) is 13.2 Å². The minimum atomic E-state index is -0.0157. The van der Waals surface area contributed by atoms with E-state index in [1.165, 1.54) is 0 Å². The zero-order valence-electron chi connectivity index (χ0n) is 15.4. The molecule has 0 bridgehead atoms. The minimum absolute atomic E-state index is 0.0157. The lowest BCUT2D eigenvalue weighted by Gasteiger charge is -2.23. The Kier molecular flexibility index (Phi) is 7.89. The van der Waals surface area contributed by atoms with E-state index in [1.807, 2.05) is 26.2 Å². The van der Waals surface area contributed by atoms with E-state index < -0.39 is 0 Å². The highest BCUT2D eigenvalue weighted by molar-refractivity contribution is 5.80. The minimum Gasteiger partial charge on any atom is -0.492 e. The van der Waals surface area contributed by atoms with E-state index in [0.717, 1.165) is 30.4 Å². The fourth-order valence-electron chi connectivity index (χ4n) is 1.91. The molecule has 0 saturated carbocycles. The first-order valence-corrected chi connectivity index (χ1v) is 8.23. The van der Waals surface area contributed by atoms with Gasteiger partial charge in [-0.25, -0.2) is 4.99 Å². The third-order valence-electron chi connectivity index (χ3n) is 2.96. The molecule has 0 atom stereocenters. The number of hydrogen-bond acceptors (Lipinski definition) is 3. The van der Waals surface area contributed by atoms with Crippen LogP contribution in [0.25, 0.3) is 0 Å². The standard InChI is InChI=1S/C18H32N4O/c1-7-19-17(21-18(2,3)4)20-14-15-9-8-10-16(13-15)23-12-11-22(5)6/h8-10,13H,7,11-12,14H2,1-6H3,(H2,19,20,21). The van der Waals surface area contributed by atoms with Crippen molar-refractivity contribution in [3.63, 3.8) is 0 Å². The molecule has 0 aliphatic carbocycles. The van der Waals surface area contributed by atoms with Crippen LogP contribution < -0.4 is 15.4 Å². The molecule has 0 saturated heterocycles. The summed E-state index contributed by atoms with van der Waals surface area (Å²) in [6.45, 7) is 11.5. The molecule has 0 heterocycles. The van der Waals surface area contributed by atoms with Crippen LogP contribution in [-0.4, -0.2) is 50.2 Å². The van der Waals surface area contributed by atoms with Crippen molar-refractivity contribution < 1.29 is 4.74 Å². The van der Waals surface area contributed by atoms with Crippen LogP contribution >= 0.6 is 0 Å². The maximum absolute atomic E-state index is 5.77. The van der Waals surface area contributed by atoms with Crippen molar-refractivity contribution in [2.45, 2.75) is 39.8 Å². The third kappa shape index (κ3) is 9.08. The highest BCUT2D eigenvalue weighted by Crippen LogP contribution is 2.14. The maximum atomic E-state index is 5.77. The molecule has 5 nitrogen and oxygen atoms in total. The Morgan fingerprint density at radius 3 is 2.61 bits per heavy atom. The Morgan fingerprint density at radius 2 is 2.00 bits per heavy atom. The first kappa shape index (κ1) is 19.3. The molecule has 0 amide bonds. The van der Waals surface area contributed by atoms with Gasteiger partial charge in [-0.2, -0.15) is 0 Å². The fourth-order valence-corrected chi connectivity index (χ4v) is 1.91. The number of aliphatic imine (C=N–C) groups is 1. The molecule has 130 valence electrons. The van der Waals surface area contributed by atoms with Crippen molar-refractivity contribution in [1.29, 1.82) is 0 Å². The molecule has 0 spiro atoms. The van der Waals surface area contributed by atoms with E-state index in [1.54, 1.807) is 0 Å². The Balaban J connectivity index is 2.65. The summed E-state index contributed by atoms with van der Waals surface area (Å²) in [5.41, 5.74) is 1.12. The maximum Gasteiger partial charge on any atom is 0.191 e. The lowest BCUT2D eigenvalue weighted by Crippen LogP contribution is -2.47. The number of guanidine groups is 1. The first-order chi connectivity index (χ1) is 10.8. The van der Waals surface area contributed by atoms with Crippen LogP contribution in [0.5, 0.6) is 5.75 Å². The Morgan fingerprint density at radius 1 is 1.26 bits per heavy atom. The molecule has 2 N–H and O–H groups in total. The normalized spacial score (nSPS) is 12.4. The molecule has 0 aliphatic rings. The van der Waals surface area contributed by atoms with Gasteiger partial charge in [-0.3, -0.25) is 0 Å². The lowest BCUT2D eigenvalue weighted by molar-refractivity contribution is 0.261. The summed E-state index contributed by atoms with van der Waals surface area (Å²) in [6, 6.07) is 8.13. The molecule has 0 fully saturated rings. The molecule has 1 rings (SSSR count). The van der Waals surface area contributed by atoms with Crippen molar-refractivity contribution in [1.82, 2.24) is 15.5 Å². The van der Waals surface area contributed by atoms with E-state index in [4.69, 9.17) is 4.74 Å². The molecule has 0 aliphatic heterocycles. The van der Waals surface area contributed by atoms with Crippen LogP contribution in [0, 0.1) is 0 Å². The molecule has 0 unspecified atom stereocenters. The van der Waals surface area contributed by atoms with Gasteiger partial charge >= 0.3 is 0 Å². The number of rotatable bonds is 7.